The zero-order valence-corrected chi connectivity index (χ0v) is 5.08. The SMILES string of the molecule is FNCCNCCNF. The van der Waals surface area contributed by atoms with Gasteiger partial charge in [0, 0.05) is 26.2 Å². The van der Waals surface area contributed by atoms with Crippen LogP contribution in [0.2, 0.25) is 0 Å². The molecule has 0 aliphatic heterocycles. The van der Waals surface area contributed by atoms with Gasteiger partial charge >= 0.3 is 0 Å². The van der Waals surface area contributed by atoms with Gasteiger partial charge in [-0.25, -0.2) is 0 Å². The third-order valence-corrected chi connectivity index (χ3v) is 0.793. The van der Waals surface area contributed by atoms with Gasteiger partial charge in [0.25, 0.3) is 0 Å². The summed E-state index contributed by atoms with van der Waals surface area (Å²) < 4.78 is 22.2. The van der Waals surface area contributed by atoms with Crippen LogP contribution < -0.4 is 16.4 Å². The second kappa shape index (κ2) is 7.74. The lowest BCUT2D eigenvalue weighted by Crippen LogP contribution is -2.28. The van der Waals surface area contributed by atoms with Crippen molar-refractivity contribution in [1.82, 2.24) is 16.4 Å². The number of nitrogens with one attached hydrogen (secondary N) is 3. The zero-order valence-electron chi connectivity index (χ0n) is 5.08. The van der Waals surface area contributed by atoms with Crippen LogP contribution in [-0.4, -0.2) is 26.2 Å². The Hall–Kier alpha value is -0.260. The van der Waals surface area contributed by atoms with Crippen LogP contribution in [0.25, 0.3) is 0 Å². The monoisotopic (exact) mass is 139 g/mol. The summed E-state index contributed by atoms with van der Waals surface area (Å²) in [5.74, 6) is 0. The summed E-state index contributed by atoms with van der Waals surface area (Å²) in [5, 5.41) is 2.78. The predicted octanol–water partition coefficient (Wildman–Crippen LogP) is -0.476. The summed E-state index contributed by atoms with van der Waals surface area (Å²) in [7, 11) is 0. The van der Waals surface area contributed by atoms with Crippen LogP contribution >= 0.6 is 0 Å². The molecule has 0 aliphatic rings. The Morgan fingerprint density at radius 3 is 1.56 bits per heavy atom. The summed E-state index contributed by atoms with van der Waals surface area (Å²) in [6, 6.07) is 0. The van der Waals surface area contributed by atoms with Crippen LogP contribution in [0.3, 0.4) is 0 Å². The molecule has 0 bridgehead atoms. The lowest BCUT2D eigenvalue weighted by atomic mass is 10.6. The lowest BCUT2D eigenvalue weighted by Gasteiger charge is -1.99. The molecule has 0 saturated carbocycles. The molecule has 0 aromatic heterocycles. The van der Waals surface area contributed by atoms with Crippen molar-refractivity contribution in [3.63, 3.8) is 0 Å². The molecule has 0 heterocycles. The molecular formula is C4H11F2N3. The molecule has 0 fully saturated rings. The van der Waals surface area contributed by atoms with Crippen LogP contribution in [-0.2, 0) is 0 Å². The van der Waals surface area contributed by atoms with Crippen LogP contribution in [0, 0.1) is 0 Å². The van der Waals surface area contributed by atoms with E-state index in [1.807, 2.05) is 0 Å². The quantitative estimate of drug-likeness (QED) is 0.344. The van der Waals surface area contributed by atoms with Crippen LogP contribution in [0.4, 0.5) is 8.96 Å². The average Bonchev–Trinajstić information content (AvgIpc) is 1.89. The summed E-state index contributed by atoms with van der Waals surface area (Å²) in [4.78, 5) is 0. The molecule has 5 heteroatoms. The maximum atomic E-state index is 11.1. The lowest BCUT2D eigenvalue weighted by molar-refractivity contribution is 0.319. The Kier molecular flexibility index (Phi) is 7.52. The number of halogens is 2. The summed E-state index contributed by atoms with van der Waals surface area (Å²) in [6.07, 6.45) is 0. The molecule has 0 aromatic carbocycles. The van der Waals surface area contributed by atoms with Crippen molar-refractivity contribution in [1.29, 1.82) is 0 Å². The average molecular weight is 139 g/mol. The minimum absolute atomic E-state index is 0.256. The van der Waals surface area contributed by atoms with E-state index in [0.717, 1.165) is 0 Å². The first-order chi connectivity index (χ1) is 4.41. The first kappa shape index (κ1) is 8.74. The zero-order chi connectivity index (χ0) is 6.95. The molecule has 0 atom stereocenters. The topological polar surface area (TPSA) is 36.1 Å². The maximum absolute atomic E-state index is 11.1. The van der Waals surface area contributed by atoms with Gasteiger partial charge in [-0.3, -0.25) is 0 Å². The summed E-state index contributed by atoms with van der Waals surface area (Å²) in [5.41, 5.74) is 2.94. The molecule has 0 aromatic rings. The van der Waals surface area contributed by atoms with Gasteiger partial charge in [-0.2, -0.15) is 11.1 Å². The van der Waals surface area contributed by atoms with E-state index < -0.39 is 0 Å². The Morgan fingerprint density at radius 1 is 0.778 bits per heavy atom. The van der Waals surface area contributed by atoms with Crippen LogP contribution in [0.5, 0.6) is 0 Å². The molecule has 9 heavy (non-hydrogen) atoms. The summed E-state index contributed by atoms with van der Waals surface area (Å²) >= 11 is 0. The van der Waals surface area contributed by atoms with Gasteiger partial charge in [-0.05, 0) is 0 Å². The highest BCUT2D eigenvalue weighted by atomic mass is 19.2. The summed E-state index contributed by atoms with van der Waals surface area (Å²) in [6.45, 7) is 1.54. The second-order valence-electron chi connectivity index (χ2n) is 1.52. The van der Waals surface area contributed by atoms with E-state index in [2.05, 4.69) is 5.32 Å². The molecular weight excluding hydrogens is 128 g/mol. The van der Waals surface area contributed by atoms with Crippen molar-refractivity contribution < 1.29 is 8.96 Å². The second-order valence-corrected chi connectivity index (χ2v) is 1.52. The van der Waals surface area contributed by atoms with Crippen molar-refractivity contribution >= 4 is 0 Å². The van der Waals surface area contributed by atoms with Gasteiger partial charge in [0.15, 0.2) is 0 Å². The molecule has 0 amide bonds. The Labute approximate surface area is 52.7 Å². The molecule has 0 saturated heterocycles. The number of rotatable bonds is 6. The predicted molar refractivity (Wildman–Crippen MR) is 31.1 cm³/mol. The fourth-order valence-electron chi connectivity index (χ4n) is 0.396. The van der Waals surface area contributed by atoms with Gasteiger partial charge in [-0.15, -0.1) is 8.96 Å². The highest BCUT2D eigenvalue weighted by Crippen LogP contribution is 1.59. The van der Waals surface area contributed by atoms with E-state index in [1.54, 1.807) is 0 Å². The normalized spacial score (nSPS) is 10.0. The minimum atomic E-state index is 0.256. The van der Waals surface area contributed by atoms with Crippen LogP contribution in [0.15, 0.2) is 0 Å². The van der Waals surface area contributed by atoms with Gasteiger partial charge in [0.2, 0.25) is 0 Å². The van der Waals surface area contributed by atoms with Crippen molar-refractivity contribution in [2.24, 2.45) is 0 Å². The molecule has 0 radical (unpaired) electrons. The van der Waals surface area contributed by atoms with E-state index in [1.165, 1.54) is 11.1 Å². The molecule has 3 N–H and O–H groups in total. The van der Waals surface area contributed by atoms with E-state index in [-0.39, 0.29) is 13.1 Å². The van der Waals surface area contributed by atoms with E-state index >= 15 is 0 Å². The molecule has 0 rings (SSSR count). The van der Waals surface area contributed by atoms with Crippen LogP contribution in [0.1, 0.15) is 0 Å². The fraction of sp³-hybridized carbons (Fsp3) is 1.00. The van der Waals surface area contributed by atoms with Gasteiger partial charge < -0.3 is 5.32 Å². The third kappa shape index (κ3) is 7.74. The molecule has 56 valence electrons. The van der Waals surface area contributed by atoms with E-state index in [9.17, 15) is 8.96 Å². The smallest absolute Gasteiger partial charge is 0.0384 e. The molecule has 0 aliphatic carbocycles. The highest BCUT2D eigenvalue weighted by molar-refractivity contribution is 4.46. The Balaban J connectivity index is 2.60. The Bertz CT molecular complexity index is 47.1. The molecule has 0 spiro atoms. The van der Waals surface area contributed by atoms with Gasteiger partial charge in [0.1, 0.15) is 0 Å². The standard InChI is InChI=1S/C4H11F2N3/c5-8-3-1-7-2-4-9-6/h7-9H,1-4H2. The number of hydrogen-bond acceptors (Lipinski definition) is 3. The first-order valence-corrected chi connectivity index (χ1v) is 2.79. The minimum Gasteiger partial charge on any atom is -0.314 e. The largest absolute Gasteiger partial charge is 0.314 e. The van der Waals surface area contributed by atoms with Crippen molar-refractivity contribution in [3.05, 3.63) is 0 Å². The third-order valence-electron chi connectivity index (χ3n) is 0.793. The highest BCUT2D eigenvalue weighted by Gasteiger charge is 1.84. The van der Waals surface area contributed by atoms with E-state index in [0.29, 0.717) is 13.1 Å². The number of hydrogen-bond donors (Lipinski definition) is 3. The first-order valence-electron chi connectivity index (χ1n) is 2.79. The van der Waals surface area contributed by atoms with Crippen molar-refractivity contribution in [3.8, 4) is 0 Å². The van der Waals surface area contributed by atoms with Crippen molar-refractivity contribution in [2.75, 3.05) is 26.2 Å². The van der Waals surface area contributed by atoms with E-state index in [4.69, 9.17) is 0 Å². The van der Waals surface area contributed by atoms with Gasteiger partial charge in [0.05, 0.1) is 0 Å². The van der Waals surface area contributed by atoms with Crippen molar-refractivity contribution in [2.45, 2.75) is 0 Å². The van der Waals surface area contributed by atoms with Gasteiger partial charge in [-0.1, -0.05) is 0 Å². The molecule has 0 unspecified atom stereocenters. The fourth-order valence-corrected chi connectivity index (χ4v) is 0.396. The molecule has 3 nitrogen and oxygen atoms in total. The maximum Gasteiger partial charge on any atom is 0.0384 e. The Morgan fingerprint density at radius 2 is 1.22 bits per heavy atom.